The number of hydrogen-bond acceptors (Lipinski definition) is 5. The smallest absolute Gasteiger partial charge is 0.339 e. The average Bonchev–Trinajstić information content (AvgIpc) is 2.32. The Morgan fingerprint density at radius 1 is 1.29 bits per heavy atom. The van der Waals surface area contributed by atoms with Crippen LogP contribution in [-0.2, 0) is 0 Å². The fourth-order valence-electron chi connectivity index (χ4n) is 1.19. The molecular weight excluding hydrogens is 222 g/mol. The number of nitrogens with zero attached hydrogens (tertiary/aromatic N) is 3. The number of aromatic carboxylic acids is 1. The number of carboxylic acid groups (broad SMARTS) is 1. The summed E-state index contributed by atoms with van der Waals surface area (Å²) >= 11 is 0. The highest BCUT2D eigenvalue weighted by molar-refractivity contribution is 5.90. The minimum Gasteiger partial charge on any atom is -0.478 e. The first kappa shape index (κ1) is 11.0. The fraction of sp³-hybridized carbons (Fsp3) is 0.0909. The number of carbonyl (C=O) groups is 1. The topological polar surface area (TPSA) is 85.2 Å². The zero-order valence-corrected chi connectivity index (χ0v) is 8.99. The molecule has 0 fully saturated rings. The SMILES string of the molecule is Cc1ccc(Oc2cnccc2C(=O)O)nn1. The van der Waals surface area contributed by atoms with E-state index in [1.807, 2.05) is 0 Å². The molecule has 17 heavy (non-hydrogen) atoms. The molecule has 0 saturated carbocycles. The lowest BCUT2D eigenvalue weighted by atomic mass is 10.2. The molecule has 86 valence electrons. The molecule has 0 atom stereocenters. The number of pyridine rings is 1. The molecule has 6 nitrogen and oxygen atoms in total. The van der Waals surface area contributed by atoms with Gasteiger partial charge in [0.25, 0.3) is 0 Å². The molecule has 6 heteroatoms. The van der Waals surface area contributed by atoms with Crippen molar-refractivity contribution in [3.05, 3.63) is 41.9 Å². The molecule has 0 bridgehead atoms. The Bertz CT molecular complexity index is 540. The van der Waals surface area contributed by atoms with Crippen LogP contribution in [0.5, 0.6) is 11.6 Å². The van der Waals surface area contributed by atoms with E-state index in [1.54, 1.807) is 19.1 Å². The van der Waals surface area contributed by atoms with E-state index in [9.17, 15) is 4.79 Å². The summed E-state index contributed by atoms with van der Waals surface area (Å²) in [6, 6.07) is 4.69. The molecule has 0 radical (unpaired) electrons. The van der Waals surface area contributed by atoms with Crippen molar-refractivity contribution in [1.82, 2.24) is 15.2 Å². The zero-order chi connectivity index (χ0) is 12.3. The van der Waals surface area contributed by atoms with Crippen LogP contribution in [-0.4, -0.2) is 26.3 Å². The van der Waals surface area contributed by atoms with Crippen LogP contribution in [0.15, 0.2) is 30.6 Å². The van der Waals surface area contributed by atoms with Gasteiger partial charge >= 0.3 is 5.97 Å². The lowest BCUT2D eigenvalue weighted by Gasteiger charge is -2.06. The van der Waals surface area contributed by atoms with E-state index in [0.717, 1.165) is 5.69 Å². The molecule has 0 aromatic carbocycles. The van der Waals surface area contributed by atoms with E-state index in [4.69, 9.17) is 9.84 Å². The van der Waals surface area contributed by atoms with E-state index >= 15 is 0 Å². The summed E-state index contributed by atoms with van der Waals surface area (Å²) in [5, 5.41) is 16.5. The largest absolute Gasteiger partial charge is 0.478 e. The summed E-state index contributed by atoms with van der Waals surface area (Å²) in [5.74, 6) is -0.716. The maximum Gasteiger partial charge on any atom is 0.339 e. The van der Waals surface area contributed by atoms with E-state index in [1.165, 1.54) is 18.5 Å². The van der Waals surface area contributed by atoms with Crippen molar-refractivity contribution in [3.8, 4) is 11.6 Å². The normalized spacial score (nSPS) is 9.94. The number of hydrogen-bond donors (Lipinski definition) is 1. The van der Waals surface area contributed by atoms with Crippen LogP contribution >= 0.6 is 0 Å². The summed E-state index contributed by atoms with van der Waals surface area (Å²) in [6.45, 7) is 1.80. The number of ether oxygens (including phenoxy) is 1. The predicted molar refractivity (Wildman–Crippen MR) is 58.0 cm³/mol. The minimum atomic E-state index is -1.08. The molecule has 0 aliphatic carbocycles. The van der Waals surface area contributed by atoms with E-state index in [-0.39, 0.29) is 17.2 Å². The second kappa shape index (κ2) is 4.56. The lowest BCUT2D eigenvalue weighted by molar-refractivity contribution is 0.0694. The molecule has 2 aromatic rings. The summed E-state index contributed by atoms with van der Waals surface area (Å²) in [4.78, 5) is 14.7. The van der Waals surface area contributed by atoms with Crippen LogP contribution in [0.4, 0.5) is 0 Å². The minimum absolute atomic E-state index is 0.0300. The second-order valence-electron chi connectivity index (χ2n) is 3.29. The first-order valence-corrected chi connectivity index (χ1v) is 4.82. The summed E-state index contributed by atoms with van der Waals surface area (Å²) in [5.41, 5.74) is 0.782. The van der Waals surface area contributed by atoms with Crippen molar-refractivity contribution in [2.45, 2.75) is 6.92 Å². The van der Waals surface area contributed by atoms with Crippen molar-refractivity contribution >= 4 is 5.97 Å². The van der Waals surface area contributed by atoms with E-state index in [2.05, 4.69) is 15.2 Å². The monoisotopic (exact) mass is 231 g/mol. The van der Waals surface area contributed by atoms with Crippen molar-refractivity contribution < 1.29 is 14.6 Å². The first-order chi connectivity index (χ1) is 8.16. The van der Waals surface area contributed by atoms with Gasteiger partial charge in [0.1, 0.15) is 5.56 Å². The third-order valence-corrected chi connectivity index (χ3v) is 2.00. The number of aromatic nitrogens is 3. The van der Waals surface area contributed by atoms with Gasteiger partial charge in [0, 0.05) is 12.3 Å². The van der Waals surface area contributed by atoms with Crippen LogP contribution < -0.4 is 4.74 Å². The quantitative estimate of drug-likeness (QED) is 0.864. The Balaban J connectivity index is 2.30. The summed E-state index contributed by atoms with van der Waals surface area (Å²) < 4.78 is 5.31. The fourth-order valence-corrected chi connectivity index (χ4v) is 1.19. The van der Waals surface area contributed by atoms with Crippen molar-refractivity contribution in [2.75, 3.05) is 0 Å². The third-order valence-electron chi connectivity index (χ3n) is 2.00. The molecule has 0 spiro atoms. The molecular formula is C11H9N3O3. The highest BCUT2D eigenvalue weighted by Crippen LogP contribution is 2.22. The first-order valence-electron chi connectivity index (χ1n) is 4.82. The molecule has 1 N–H and O–H groups in total. The third kappa shape index (κ3) is 2.54. The molecule has 0 aliphatic heterocycles. The Morgan fingerprint density at radius 2 is 2.12 bits per heavy atom. The Morgan fingerprint density at radius 3 is 2.76 bits per heavy atom. The van der Waals surface area contributed by atoms with E-state index in [0.29, 0.717) is 0 Å². The van der Waals surface area contributed by atoms with E-state index < -0.39 is 5.97 Å². The molecule has 0 unspecified atom stereocenters. The van der Waals surface area contributed by atoms with Gasteiger partial charge in [-0.25, -0.2) is 4.79 Å². The molecule has 0 saturated heterocycles. The van der Waals surface area contributed by atoms with Crippen LogP contribution in [0.25, 0.3) is 0 Å². The van der Waals surface area contributed by atoms with Gasteiger partial charge in [-0.05, 0) is 19.1 Å². The van der Waals surface area contributed by atoms with Gasteiger partial charge in [-0.3, -0.25) is 4.98 Å². The number of rotatable bonds is 3. The highest BCUT2D eigenvalue weighted by atomic mass is 16.5. The van der Waals surface area contributed by atoms with Crippen molar-refractivity contribution in [1.29, 1.82) is 0 Å². The zero-order valence-electron chi connectivity index (χ0n) is 8.99. The van der Waals surface area contributed by atoms with Gasteiger partial charge < -0.3 is 9.84 Å². The van der Waals surface area contributed by atoms with Crippen LogP contribution in [0.1, 0.15) is 16.1 Å². The van der Waals surface area contributed by atoms with Crippen molar-refractivity contribution in [2.24, 2.45) is 0 Å². The second-order valence-corrected chi connectivity index (χ2v) is 3.29. The molecule has 2 heterocycles. The Kier molecular flexibility index (Phi) is 2.95. The maximum absolute atomic E-state index is 10.9. The highest BCUT2D eigenvalue weighted by Gasteiger charge is 2.12. The standard InChI is InChI=1S/C11H9N3O3/c1-7-2-3-10(14-13-7)17-9-6-12-5-4-8(9)11(15)16/h2-6H,1H3,(H,15,16). The van der Waals surface area contributed by atoms with Gasteiger partial charge in [0.15, 0.2) is 5.75 Å². The van der Waals surface area contributed by atoms with Gasteiger partial charge in [0.2, 0.25) is 5.88 Å². The number of carboxylic acids is 1. The maximum atomic E-state index is 10.9. The van der Waals surface area contributed by atoms with Crippen molar-refractivity contribution in [3.63, 3.8) is 0 Å². The Labute approximate surface area is 96.9 Å². The molecule has 2 rings (SSSR count). The van der Waals surface area contributed by atoms with Gasteiger partial charge in [-0.15, -0.1) is 5.10 Å². The lowest BCUT2D eigenvalue weighted by Crippen LogP contribution is -2.01. The molecule has 2 aromatic heterocycles. The summed E-state index contributed by atoms with van der Waals surface area (Å²) in [7, 11) is 0. The van der Waals surface area contributed by atoms with Gasteiger partial charge in [0.05, 0.1) is 11.9 Å². The molecule has 0 amide bonds. The van der Waals surface area contributed by atoms with Crippen LogP contribution in [0.3, 0.4) is 0 Å². The Hall–Kier alpha value is -2.50. The average molecular weight is 231 g/mol. The molecule has 0 aliphatic rings. The predicted octanol–water partition coefficient (Wildman–Crippen LogP) is 1.67. The van der Waals surface area contributed by atoms with Gasteiger partial charge in [-0.1, -0.05) is 0 Å². The van der Waals surface area contributed by atoms with Gasteiger partial charge in [-0.2, -0.15) is 5.10 Å². The number of aryl methyl sites for hydroxylation is 1. The van der Waals surface area contributed by atoms with Crippen LogP contribution in [0, 0.1) is 6.92 Å². The van der Waals surface area contributed by atoms with Crippen LogP contribution in [0.2, 0.25) is 0 Å². The summed E-state index contributed by atoms with van der Waals surface area (Å²) in [6.07, 6.45) is 2.71.